The van der Waals surface area contributed by atoms with E-state index in [0.29, 0.717) is 18.1 Å². The Balaban J connectivity index is 1.51. The number of hydrogen-bond donors (Lipinski definition) is 0. The molecule has 0 N–H and O–H groups in total. The van der Waals surface area contributed by atoms with Crippen LogP contribution < -0.4 is 4.74 Å². The highest BCUT2D eigenvalue weighted by Gasteiger charge is 2.24. The lowest BCUT2D eigenvalue weighted by Gasteiger charge is -2.28. The van der Waals surface area contributed by atoms with Gasteiger partial charge in [0.2, 0.25) is 5.82 Å². The minimum absolute atomic E-state index is 0.0655. The zero-order valence-electron chi connectivity index (χ0n) is 19.6. The Kier molecular flexibility index (Phi) is 7.60. The Morgan fingerprint density at radius 3 is 1.85 bits per heavy atom. The van der Waals surface area contributed by atoms with Crippen molar-refractivity contribution in [3.05, 3.63) is 77.4 Å². The molecule has 1 aliphatic carbocycles. The van der Waals surface area contributed by atoms with Crippen LogP contribution >= 0.6 is 0 Å². The summed E-state index contributed by atoms with van der Waals surface area (Å²) in [7, 11) is 0. The molecule has 0 aliphatic heterocycles. The molecule has 0 amide bonds. The maximum atomic E-state index is 14.9. The van der Waals surface area contributed by atoms with Crippen molar-refractivity contribution < 1.29 is 22.3 Å². The van der Waals surface area contributed by atoms with Crippen molar-refractivity contribution >= 4 is 0 Å². The van der Waals surface area contributed by atoms with Crippen molar-refractivity contribution in [2.45, 2.75) is 52.4 Å². The fourth-order valence-electron chi connectivity index (χ4n) is 4.87. The van der Waals surface area contributed by atoms with Gasteiger partial charge in [0.1, 0.15) is 0 Å². The Labute approximate surface area is 198 Å². The summed E-state index contributed by atoms with van der Waals surface area (Å²) >= 11 is 0. The molecule has 34 heavy (non-hydrogen) atoms. The third-order valence-electron chi connectivity index (χ3n) is 6.92. The van der Waals surface area contributed by atoms with Crippen molar-refractivity contribution in [3.8, 4) is 28.0 Å². The van der Waals surface area contributed by atoms with E-state index < -0.39 is 23.3 Å². The van der Waals surface area contributed by atoms with Gasteiger partial charge < -0.3 is 4.74 Å². The van der Waals surface area contributed by atoms with Crippen LogP contribution in [0.3, 0.4) is 0 Å². The molecule has 3 aromatic carbocycles. The van der Waals surface area contributed by atoms with Gasteiger partial charge in [-0.05, 0) is 49.3 Å². The van der Waals surface area contributed by atoms with E-state index in [1.807, 2.05) is 6.92 Å². The molecule has 1 fully saturated rings. The molecule has 1 nitrogen and oxygen atoms in total. The molecule has 0 heterocycles. The Bertz CT molecular complexity index is 1130. The van der Waals surface area contributed by atoms with E-state index in [1.54, 1.807) is 24.3 Å². The smallest absolute Gasteiger partial charge is 0.201 e. The van der Waals surface area contributed by atoms with Gasteiger partial charge in [0, 0.05) is 16.7 Å². The molecule has 0 bridgehead atoms. The number of ether oxygens (including phenoxy) is 1. The minimum atomic E-state index is -1.24. The quantitative estimate of drug-likeness (QED) is 0.313. The lowest BCUT2D eigenvalue weighted by atomic mass is 9.80. The zero-order chi connectivity index (χ0) is 24.2. The second-order valence-corrected chi connectivity index (χ2v) is 9.38. The van der Waals surface area contributed by atoms with Gasteiger partial charge in [0.05, 0.1) is 6.61 Å². The van der Waals surface area contributed by atoms with Crippen LogP contribution in [0.2, 0.25) is 0 Å². The second-order valence-electron chi connectivity index (χ2n) is 9.38. The first-order valence-electron chi connectivity index (χ1n) is 12.0. The molecule has 1 aliphatic rings. The van der Waals surface area contributed by atoms with Crippen LogP contribution in [0.15, 0.2) is 48.5 Å². The number of rotatable bonds is 7. The van der Waals surface area contributed by atoms with E-state index in [2.05, 4.69) is 6.92 Å². The number of hydrogen-bond acceptors (Lipinski definition) is 1. The predicted octanol–water partition coefficient (Wildman–Crippen LogP) is 8.87. The molecular weight excluding hydrogens is 440 g/mol. The Hall–Kier alpha value is -2.82. The summed E-state index contributed by atoms with van der Waals surface area (Å²) in [5.74, 6) is -3.87. The molecule has 0 atom stereocenters. The van der Waals surface area contributed by atoms with Crippen molar-refractivity contribution in [2.75, 3.05) is 6.61 Å². The fourth-order valence-corrected chi connectivity index (χ4v) is 4.87. The highest BCUT2D eigenvalue weighted by Crippen LogP contribution is 2.36. The SMILES string of the molecule is CCCC1CCC(COc2ccc(-c3ccc(-c4ccc(C)cc4)c(F)c3F)c(F)c2F)CC1. The van der Waals surface area contributed by atoms with Crippen LogP contribution in [-0.2, 0) is 0 Å². The summed E-state index contributed by atoms with van der Waals surface area (Å²) < 4.78 is 65.0. The van der Waals surface area contributed by atoms with Gasteiger partial charge in [-0.1, -0.05) is 74.6 Å². The average Bonchev–Trinajstić information content (AvgIpc) is 2.84. The molecule has 180 valence electrons. The topological polar surface area (TPSA) is 9.23 Å². The Morgan fingerprint density at radius 2 is 1.21 bits per heavy atom. The van der Waals surface area contributed by atoms with E-state index in [1.165, 1.54) is 37.1 Å². The fraction of sp³-hybridized carbons (Fsp3) is 0.379. The number of benzene rings is 3. The van der Waals surface area contributed by atoms with Gasteiger partial charge >= 0.3 is 0 Å². The van der Waals surface area contributed by atoms with E-state index >= 15 is 0 Å². The third-order valence-corrected chi connectivity index (χ3v) is 6.92. The van der Waals surface area contributed by atoms with E-state index in [9.17, 15) is 17.6 Å². The normalized spacial score (nSPS) is 18.2. The lowest BCUT2D eigenvalue weighted by Crippen LogP contribution is -2.20. The van der Waals surface area contributed by atoms with Crippen LogP contribution in [0.5, 0.6) is 5.75 Å². The molecule has 0 radical (unpaired) electrons. The standard InChI is InChI=1S/C29H30F4O/c1-3-4-19-7-9-20(10-8-19)17-34-25-16-15-24(28(32)29(25)33)23-14-13-22(26(30)27(23)31)21-11-5-18(2)6-12-21/h5-6,11-16,19-20H,3-4,7-10,17H2,1-2H3. The monoisotopic (exact) mass is 470 g/mol. The third kappa shape index (κ3) is 5.13. The van der Waals surface area contributed by atoms with Crippen LogP contribution in [0.4, 0.5) is 17.6 Å². The highest BCUT2D eigenvalue weighted by molar-refractivity contribution is 5.72. The molecule has 0 saturated heterocycles. The largest absolute Gasteiger partial charge is 0.490 e. The summed E-state index contributed by atoms with van der Waals surface area (Å²) in [5, 5.41) is 0. The Morgan fingerprint density at radius 1 is 0.676 bits per heavy atom. The minimum Gasteiger partial charge on any atom is -0.490 e. The number of aryl methyl sites for hydroxylation is 1. The molecular formula is C29H30F4O. The van der Waals surface area contributed by atoms with Crippen molar-refractivity contribution in [1.82, 2.24) is 0 Å². The van der Waals surface area contributed by atoms with Crippen molar-refractivity contribution in [1.29, 1.82) is 0 Å². The van der Waals surface area contributed by atoms with Gasteiger partial charge in [-0.3, -0.25) is 0 Å². The molecule has 3 aromatic rings. The summed E-state index contributed by atoms with van der Waals surface area (Å²) in [6, 6.07) is 12.2. The van der Waals surface area contributed by atoms with Crippen molar-refractivity contribution in [2.24, 2.45) is 11.8 Å². The maximum absolute atomic E-state index is 14.9. The van der Waals surface area contributed by atoms with E-state index in [4.69, 9.17) is 4.74 Å². The second kappa shape index (κ2) is 10.6. The summed E-state index contributed by atoms with van der Waals surface area (Å²) in [4.78, 5) is 0. The molecule has 0 aromatic heterocycles. The highest BCUT2D eigenvalue weighted by atomic mass is 19.2. The van der Waals surface area contributed by atoms with Crippen LogP contribution in [0.1, 0.15) is 51.0 Å². The molecule has 0 unspecified atom stereocenters. The van der Waals surface area contributed by atoms with E-state index in [0.717, 1.165) is 37.2 Å². The average molecular weight is 471 g/mol. The van der Waals surface area contributed by atoms with Gasteiger partial charge in [-0.25, -0.2) is 13.2 Å². The van der Waals surface area contributed by atoms with E-state index in [-0.39, 0.29) is 22.4 Å². The van der Waals surface area contributed by atoms with Crippen molar-refractivity contribution in [3.63, 3.8) is 0 Å². The van der Waals surface area contributed by atoms with Crippen LogP contribution in [0.25, 0.3) is 22.3 Å². The van der Waals surface area contributed by atoms with Gasteiger partial charge in [-0.15, -0.1) is 0 Å². The molecule has 4 rings (SSSR count). The van der Waals surface area contributed by atoms with Crippen LogP contribution in [0, 0.1) is 42.0 Å². The van der Waals surface area contributed by atoms with Crippen LogP contribution in [-0.4, -0.2) is 6.61 Å². The van der Waals surface area contributed by atoms with Gasteiger partial charge in [0.25, 0.3) is 0 Å². The number of halogens is 4. The predicted molar refractivity (Wildman–Crippen MR) is 128 cm³/mol. The summed E-state index contributed by atoms with van der Waals surface area (Å²) in [6.45, 7) is 4.41. The summed E-state index contributed by atoms with van der Waals surface area (Å²) in [5.41, 5.74) is 0.899. The molecule has 0 spiro atoms. The zero-order valence-corrected chi connectivity index (χ0v) is 19.6. The first-order chi connectivity index (χ1) is 16.4. The van der Waals surface area contributed by atoms with Gasteiger partial charge in [0.15, 0.2) is 23.2 Å². The molecule has 5 heteroatoms. The van der Waals surface area contributed by atoms with Gasteiger partial charge in [-0.2, -0.15) is 4.39 Å². The first-order valence-corrected chi connectivity index (χ1v) is 12.0. The first kappa shape index (κ1) is 24.3. The maximum Gasteiger partial charge on any atom is 0.201 e. The lowest BCUT2D eigenvalue weighted by molar-refractivity contribution is 0.173. The summed E-state index contributed by atoms with van der Waals surface area (Å²) in [6.07, 6.45) is 6.73. The molecule has 1 saturated carbocycles.